The van der Waals surface area contributed by atoms with Crippen molar-refractivity contribution in [3.05, 3.63) is 39.9 Å². The van der Waals surface area contributed by atoms with Crippen LogP contribution in [-0.2, 0) is 0 Å². The number of rotatable bonds is 2. The molecule has 94 valence electrons. The first-order chi connectivity index (χ1) is 8.75. The topological polar surface area (TPSA) is 46.3 Å². The summed E-state index contributed by atoms with van der Waals surface area (Å²) in [5, 5.41) is 7.73. The fourth-order valence-corrected chi connectivity index (χ4v) is 3.03. The number of hydrogen-bond donors (Lipinski definition) is 0. The van der Waals surface area contributed by atoms with Crippen LogP contribution in [0.4, 0.5) is 0 Å². The molecule has 18 heavy (non-hydrogen) atoms. The number of carbonyl (C=O) groups excluding carboxylic acids is 1. The Morgan fingerprint density at radius 2 is 2.50 bits per heavy atom. The highest BCUT2D eigenvalue weighted by molar-refractivity contribution is 7.08. The van der Waals surface area contributed by atoms with Crippen molar-refractivity contribution < 1.29 is 9.32 Å². The lowest BCUT2D eigenvalue weighted by atomic mass is 10.1. The van der Waals surface area contributed by atoms with Gasteiger partial charge in [-0.25, -0.2) is 0 Å². The normalized spacial score (nSPS) is 19.4. The summed E-state index contributed by atoms with van der Waals surface area (Å²) in [5.74, 6) is 0.890. The highest BCUT2D eigenvalue weighted by Crippen LogP contribution is 2.33. The van der Waals surface area contributed by atoms with E-state index in [9.17, 15) is 4.79 Å². The van der Waals surface area contributed by atoms with E-state index in [1.165, 1.54) is 0 Å². The van der Waals surface area contributed by atoms with Crippen LogP contribution < -0.4 is 0 Å². The van der Waals surface area contributed by atoms with E-state index in [2.05, 4.69) is 5.16 Å². The van der Waals surface area contributed by atoms with Crippen molar-refractivity contribution in [3.63, 3.8) is 0 Å². The lowest BCUT2D eigenvalue weighted by Gasteiger charge is -2.22. The molecular weight excluding hydrogens is 248 g/mol. The van der Waals surface area contributed by atoms with Crippen molar-refractivity contribution in [1.29, 1.82) is 0 Å². The lowest BCUT2D eigenvalue weighted by Crippen LogP contribution is -2.30. The number of carbonyl (C=O) groups is 1. The Labute approximate surface area is 109 Å². The van der Waals surface area contributed by atoms with Crippen molar-refractivity contribution in [2.24, 2.45) is 0 Å². The molecule has 3 rings (SSSR count). The minimum Gasteiger partial charge on any atom is -0.359 e. The van der Waals surface area contributed by atoms with E-state index in [-0.39, 0.29) is 11.9 Å². The van der Waals surface area contributed by atoms with Gasteiger partial charge in [-0.05, 0) is 31.2 Å². The van der Waals surface area contributed by atoms with E-state index in [0.29, 0.717) is 0 Å². The maximum Gasteiger partial charge on any atom is 0.255 e. The molecule has 0 N–H and O–H groups in total. The van der Waals surface area contributed by atoms with E-state index >= 15 is 0 Å². The Hall–Kier alpha value is -1.62. The van der Waals surface area contributed by atoms with Gasteiger partial charge in [-0.2, -0.15) is 11.3 Å². The Morgan fingerprint density at radius 1 is 1.61 bits per heavy atom. The lowest BCUT2D eigenvalue weighted by molar-refractivity contribution is 0.0715. The van der Waals surface area contributed by atoms with Crippen LogP contribution in [0.2, 0.25) is 0 Å². The van der Waals surface area contributed by atoms with Crippen LogP contribution >= 0.6 is 11.3 Å². The molecule has 0 radical (unpaired) electrons. The molecule has 1 fully saturated rings. The summed E-state index contributed by atoms with van der Waals surface area (Å²) in [6.07, 6.45) is 1.96. The van der Waals surface area contributed by atoms with Crippen molar-refractivity contribution >= 4 is 17.2 Å². The average Bonchev–Trinajstić information content (AvgIpc) is 3.09. The highest BCUT2D eigenvalue weighted by atomic mass is 32.1. The van der Waals surface area contributed by atoms with Gasteiger partial charge in [0.1, 0.15) is 0 Å². The third kappa shape index (κ3) is 1.95. The van der Waals surface area contributed by atoms with Gasteiger partial charge in [0.15, 0.2) is 5.76 Å². The minimum absolute atomic E-state index is 0.0404. The number of aromatic nitrogens is 1. The maximum absolute atomic E-state index is 12.4. The summed E-state index contributed by atoms with van der Waals surface area (Å²) < 4.78 is 5.30. The molecular formula is C13H14N2O2S. The fourth-order valence-electron chi connectivity index (χ4n) is 2.40. The van der Waals surface area contributed by atoms with Gasteiger partial charge < -0.3 is 9.42 Å². The molecule has 5 heteroatoms. The molecule has 1 atom stereocenters. The van der Waals surface area contributed by atoms with Crippen LogP contribution in [-0.4, -0.2) is 22.5 Å². The zero-order valence-electron chi connectivity index (χ0n) is 10.1. The van der Waals surface area contributed by atoms with Crippen LogP contribution in [0.1, 0.15) is 40.7 Å². The van der Waals surface area contributed by atoms with Gasteiger partial charge in [0, 0.05) is 18.0 Å². The predicted molar refractivity (Wildman–Crippen MR) is 68.6 cm³/mol. The largest absolute Gasteiger partial charge is 0.359 e. The molecule has 0 spiro atoms. The standard InChI is InChI=1S/C13H14N2O2S/c1-9-7-12(17-14-9)11-3-2-5-15(11)13(16)10-4-6-18-8-10/h4,6-8,11H,2-3,5H2,1H3. The first-order valence-corrected chi connectivity index (χ1v) is 6.96. The summed E-state index contributed by atoms with van der Waals surface area (Å²) in [7, 11) is 0. The molecule has 1 aliphatic rings. The molecule has 0 saturated carbocycles. The molecule has 0 aliphatic carbocycles. The Morgan fingerprint density at radius 3 is 3.17 bits per heavy atom. The van der Waals surface area contributed by atoms with E-state index < -0.39 is 0 Å². The van der Waals surface area contributed by atoms with Crippen LogP contribution in [0.25, 0.3) is 0 Å². The fraction of sp³-hybridized carbons (Fsp3) is 0.385. The molecule has 3 heterocycles. The number of amides is 1. The zero-order chi connectivity index (χ0) is 12.5. The average molecular weight is 262 g/mol. The molecule has 2 aromatic heterocycles. The Balaban J connectivity index is 1.85. The molecule has 1 unspecified atom stereocenters. The third-order valence-electron chi connectivity index (χ3n) is 3.26. The van der Waals surface area contributed by atoms with Gasteiger partial charge in [-0.1, -0.05) is 5.16 Å². The van der Waals surface area contributed by atoms with Crippen molar-refractivity contribution in [1.82, 2.24) is 10.1 Å². The quantitative estimate of drug-likeness (QED) is 0.835. The van der Waals surface area contributed by atoms with E-state index in [4.69, 9.17) is 4.52 Å². The van der Waals surface area contributed by atoms with Crippen molar-refractivity contribution in [2.75, 3.05) is 6.54 Å². The first kappa shape index (κ1) is 11.5. The molecule has 1 amide bonds. The Bertz CT molecular complexity index is 547. The van der Waals surface area contributed by atoms with Gasteiger partial charge in [-0.15, -0.1) is 0 Å². The second kappa shape index (κ2) is 4.57. The van der Waals surface area contributed by atoms with E-state index in [1.54, 1.807) is 11.3 Å². The summed E-state index contributed by atoms with van der Waals surface area (Å²) in [5.41, 5.74) is 1.63. The molecule has 0 bridgehead atoms. The maximum atomic E-state index is 12.4. The number of thiophene rings is 1. The summed E-state index contributed by atoms with van der Waals surface area (Å²) in [4.78, 5) is 14.3. The van der Waals surface area contributed by atoms with Crippen molar-refractivity contribution in [3.8, 4) is 0 Å². The van der Waals surface area contributed by atoms with Crippen LogP contribution in [0.3, 0.4) is 0 Å². The Kier molecular flexibility index (Phi) is 2.91. The monoisotopic (exact) mass is 262 g/mol. The number of aryl methyl sites for hydroxylation is 1. The number of hydrogen-bond acceptors (Lipinski definition) is 4. The third-order valence-corrected chi connectivity index (χ3v) is 3.94. The van der Waals surface area contributed by atoms with E-state index in [0.717, 1.165) is 36.4 Å². The molecule has 1 aliphatic heterocycles. The minimum atomic E-state index is 0.0404. The van der Waals surface area contributed by atoms with Crippen molar-refractivity contribution in [2.45, 2.75) is 25.8 Å². The summed E-state index contributed by atoms with van der Waals surface area (Å²) in [6, 6.07) is 3.83. The molecule has 4 nitrogen and oxygen atoms in total. The molecule has 2 aromatic rings. The van der Waals surface area contributed by atoms with Gasteiger partial charge in [0.05, 0.1) is 17.3 Å². The number of nitrogens with zero attached hydrogens (tertiary/aromatic N) is 2. The summed E-state index contributed by atoms with van der Waals surface area (Å²) in [6.45, 7) is 2.69. The van der Waals surface area contributed by atoms with Gasteiger partial charge >= 0.3 is 0 Å². The van der Waals surface area contributed by atoms with Gasteiger partial charge in [0.25, 0.3) is 5.91 Å². The molecule has 0 aromatic carbocycles. The van der Waals surface area contributed by atoms with E-state index in [1.807, 2.05) is 34.7 Å². The van der Waals surface area contributed by atoms with Gasteiger partial charge in [-0.3, -0.25) is 4.79 Å². The van der Waals surface area contributed by atoms with Crippen LogP contribution in [0.5, 0.6) is 0 Å². The van der Waals surface area contributed by atoms with Gasteiger partial charge in [0.2, 0.25) is 0 Å². The smallest absolute Gasteiger partial charge is 0.255 e. The first-order valence-electron chi connectivity index (χ1n) is 6.02. The SMILES string of the molecule is Cc1cc(C2CCCN2C(=O)c2ccsc2)on1. The predicted octanol–water partition coefficient (Wildman–Crippen LogP) is 3.02. The highest BCUT2D eigenvalue weighted by Gasteiger charge is 2.33. The second-order valence-electron chi connectivity index (χ2n) is 4.54. The number of likely N-dealkylation sites (tertiary alicyclic amines) is 1. The second-order valence-corrected chi connectivity index (χ2v) is 5.32. The van der Waals surface area contributed by atoms with Crippen LogP contribution in [0, 0.1) is 6.92 Å². The summed E-state index contributed by atoms with van der Waals surface area (Å²) >= 11 is 1.54. The zero-order valence-corrected chi connectivity index (χ0v) is 10.9. The van der Waals surface area contributed by atoms with Crippen LogP contribution in [0.15, 0.2) is 27.4 Å². The molecule has 1 saturated heterocycles.